The van der Waals surface area contributed by atoms with Crippen molar-refractivity contribution in [1.82, 2.24) is 14.8 Å². The maximum Gasteiger partial charge on any atom is 0.338 e. The molecule has 1 unspecified atom stereocenters. The third-order valence-corrected chi connectivity index (χ3v) is 8.04. The van der Waals surface area contributed by atoms with Gasteiger partial charge in [0.15, 0.2) is 11.5 Å². The number of hydrogen-bond acceptors (Lipinski definition) is 8. The van der Waals surface area contributed by atoms with Gasteiger partial charge in [0.25, 0.3) is 0 Å². The zero-order chi connectivity index (χ0) is 30.3. The summed E-state index contributed by atoms with van der Waals surface area (Å²) in [6.45, 7) is 8.40. The number of carbonyl (C=O) groups is 1. The van der Waals surface area contributed by atoms with E-state index in [4.69, 9.17) is 35.9 Å². The number of allylic oxidation sites excluding steroid dienone is 1. The maximum atomic E-state index is 13.5. The van der Waals surface area contributed by atoms with Gasteiger partial charge in [0.05, 0.1) is 24.9 Å². The van der Waals surface area contributed by atoms with Crippen LogP contribution in [0.15, 0.2) is 89.2 Å². The second kappa shape index (κ2) is 14.0. The Morgan fingerprint density at radius 2 is 1.81 bits per heavy atom. The minimum atomic E-state index is -0.595. The number of halogens is 1. The Bertz CT molecular complexity index is 1610. The number of aromatic nitrogens is 3. The van der Waals surface area contributed by atoms with Crippen LogP contribution >= 0.6 is 23.4 Å². The van der Waals surface area contributed by atoms with Gasteiger partial charge in [-0.25, -0.2) is 9.48 Å². The van der Waals surface area contributed by atoms with Gasteiger partial charge in [0.1, 0.15) is 6.04 Å². The van der Waals surface area contributed by atoms with Crippen molar-refractivity contribution < 1.29 is 19.0 Å². The second-order valence-corrected chi connectivity index (χ2v) is 11.6. The lowest BCUT2D eigenvalue weighted by atomic mass is 9.95. The van der Waals surface area contributed by atoms with E-state index in [1.165, 1.54) is 17.3 Å². The van der Waals surface area contributed by atoms with Gasteiger partial charge in [-0.2, -0.15) is 4.98 Å². The predicted octanol–water partition coefficient (Wildman–Crippen LogP) is 7.48. The van der Waals surface area contributed by atoms with E-state index in [2.05, 4.69) is 17.4 Å². The molecule has 0 radical (unpaired) electrons. The Morgan fingerprint density at radius 1 is 1.05 bits per heavy atom. The molecule has 8 nitrogen and oxygen atoms in total. The molecule has 5 rings (SSSR count). The number of nitrogens with one attached hydrogen (secondary N) is 1. The van der Waals surface area contributed by atoms with Crippen LogP contribution in [0.1, 0.15) is 50.4 Å². The fourth-order valence-electron chi connectivity index (χ4n) is 4.81. The van der Waals surface area contributed by atoms with Crippen LogP contribution in [0.5, 0.6) is 11.5 Å². The first-order chi connectivity index (χ1) is 20.8. The summed E-state index contributed by atoms with van der Waals surface area (Å²) in [5, 5.41) is 9.35. The van der Waals surface area contributed by atoms with Crippen molar-refractivity contribution in [3.05, 3.63) is 106 Å². The molecule has 0 spiro atoms. The number of carbonyl (C=O) groups excluding carboxylic acids is 1. The fraction of sp³-hybridized carbons (Fsp3) is 0.303. The van der Waals surface area contributed by atoms with E-state index in [-0.39, 0.29) is 6.10 Å². The van der Waals surface area contributed by atoms with Crippen molar-refractivity contribution >= 4 is 35.3 Å². The molecule has 1 N–H and O–H groups in total. The highest BCUT2D eigenvalue weighted by molar-refractivity contribution is 7.98. The molecule has 10 heteroatoms. The molecular formula is C33H35ClN4O4S. The van der Waals surface area contributed by atoms with Gasteiger partial charge in [0.2, 0.25) is 11.1 Å². The summed E-state index contributed by atoms with van der Waals surface area (Å²) in [6, 6.07) is 23.0. The van der Waals surface area contributed by atoms with E-state index in [0.29, 0.717) is 57.9 Å². The van der Waals surface area contributed by atoms with Crippen molar-refractivity contribution in [2.75, 3.05) is 18.5 Å². The van der Waals surface area contributed by atoms with Crippen LogP contribution in [0.4, 0.5) is 5.95 Å². The summed E-state index contributed by atoms with van der Waals surface area (Å²) >= 11 is 7.85. The zero-order valence-corrected chi connectivity index (χ0v) is 26.2. The minimum Gasteiger partial charge on any atom is -0.490 e. The molecule has 3 aromatic carbocycles. The quantitative estimate of drug-likeness (QED) is 0.129. The number of rotatable bonds is 12. The third-order valence-electron chi connectivity index (χ3n) is 6.78. The molecule has 0 fully saturated rings. The average Bonchev–Trinajstić information content (AvgIpc) is 3.39. The lowest BCUT2D eigenvalue weighted by Crippen LogP contribution is -2.30. The first-order valence-electron chi connectivity index (χ1n) is 14.3. The average molecular weight is 619 g/mol. The molecule has 4 aromatic rings. The molecule has 0 aliphatic carbocycles. The van der Waals surface area contributed by atoms with Crippen LogP contribution in [-0.4, -0.2) is 40.1 Å². The smallest absolute Gasteiger partial charge is 0.338 e. The molecule has 1 aliphatic rings. The summed E-state index contributed by atoms with van der Waals surface area (Å²) in [6.07, 6.45) is 0.485. The van der Waals surface area contributed by atoms with Gasteiger partial charge >= 0.3 is 5.97 Å². The highest BCUT2D eigenvalue weighted by Crippen LogP contribution is 2.40. The molecule has 0 amide bonds. The number of hydrogen-bond donors (Lipinski definition) is 1. The van der Waals surface area contributed by atoms with Crippen molar-refractivity contribution in [2.45, 2.75) is 57.2 Å². The van der Waals surface area contributed by atoms with E-state index < -0.39 is 12.0 Å². The molecule has 0 saturated heterocycles. The second-order valence-electron chi connectivity index (χ2n) is 10.3. The lowest BCUT2D eigenvalue weighted by molar-refractivity contribution is -0.143. The number of ether oxygens (including phenoxy) is 3. The Hall–Kier alpha value is -3.95. The number of anilines is 1. The van der Waals surface area contributed by atoms with Crippen molar-refractivity contribution in [1.29, 1.82) is 0 Å². The summed E-state index contributed by atoms with van der Waals surface area (Å²) in [5.74, 6) is 1.95. The summed E-state index contributed by atoms with van der Waals surface area (Å²) in [7, 11) is 0. The largest absolute Gasteiger partial charge is 0.490 e. The highest BCUT2D eigenvalue weighted by atomic mass is 35.5. The summed E-state index contributed by atoms with van der Waals surface area (Å²) in [4.78, 5) is 18.2. The van der Waals surface area contributed by atoms with Crippen LogP contribution in [0.3, 0.4) is 0 Å². The molecule has 1 aliphatic heterocycles. The third kappa shape index (κ3) is 7.35. The van der Waals surface area contributed by atoms with E-state index in [9.17, 15) is 4.79 Å². The van der Waals surface area contributed by atoms with E-state index in [1.807, 2.05) is 88.4 Å². The Morgan fingerprint density at radius 3 is 2.56 bits per heavy atom. The molecule has 0 saturated carbocycles. The van der Waals surface area contributed by atoms with Crippen molar-refractivity contribution in [3.8, 4) is 11.5 Å². The fourth-order valence-corrected chi connectivity index (χ4v) is 5.92. The monoisotopic (exact) mass is 618 g/mol. The molecular weight excluding hydrogens is 584 g/mol. The van der Waals surface area contributed by atoms with Gasteiger partial charge in [-0.3, -0.25) is 0 Å². The van der Waals surface area contributed by atoms with E-state index >= 15 is 0 Å². The van der Waals surface area contributed by atoms with Crippen LogP contribution in [0, 0.1) is 0 Å². The lowest BCUT2D eigenvalue weighted by Gasteiger charge is -2.29. The topological polar surface area (TPSA) is 87.5 Å². The van der Waals surface area contributed by atoms with Gasteiger partial charge in [-0.1, -0.05) is 78.0 Å². The molecule has 224 valence electrons. The van der Waals surface area contributed by atoms with Gasteiger partial charge in [0, 0.05) is 22.9 Å². The molecule has 2 heterocycles. The van der Waals surface area contributed by atoms with Gasteiger partial charge < -0.3 is 19.5 Å². The molecule has 1 aromatic heterocycles. The van der Waals surface area contributed by atoms with Crippen LogP contribution in [-0.2, 0) is 21.7 Å². The predicted molar refractivity (Wildman–Crippen MR) is 170 cm³/mol. The first kappa shape index (κ1) is 30.5. The Kier molecular flexibility index (Phi) is 9.94. The van der Waals surface area contributed by atoms with Crippen LogP contribution in [0.2, 0.25) is 5.02 Å². The Balaban J connectivity index is 1.47. The first-order valence-corrected chi connectivity index (χ1v) is 15.6. The maximum absolute atomic E-state index is 13.5. The molecule has 1 atom stereocenters. The standard InChI is InChI=1S/C33H35ClN4O4S/c1-5-40-28-19-24(15-16-27(28)41-18-17-23-11-7-6-8-12-23)30-29(31(39)42-21(2)3)22(4)35-32-36-33(37-38(30)32)43-20-25-13-9-10-14-26(25)34/h6-16,19,21,30H,5,17-18,20H2,1-4H3,(H,35,36,37). The number of benzene rings is 3. The number of thioether (sulfide) groups is 1. The van der Waals surface area contributed by atoms with E-state index in [0.717, 1.165) is 17.5 Å². The SMILES string of the molecule is CCOc1cc(C2C(C(=O)OC(C)C)=C(C)Nc3nc(SCc4ccccc4Cl)nn32)ccc1OCCc1ccccc1. The van der Waals surface area contributed by atoms with Crippen molar-refractivity contribution in [2.24, 2.45) is 0 Å². The summed E-state index contributed by atoms with van der Waals surface area (Å²) in [5.41, 5.74) is 4.09. The van der Waals surface area contributed by atoms with Gasteiger partial charge in [-0.15, -0.1) is 5.10 Å². The highest BCUT2D eigenvalue weighted by Gasteiger charge is 2.36. The van der Waals surface area contributed by atoms with Crippen LogP contribution in [0.25, 0.3) is 0 Å². The molecule has 0 bridgehead atoms. The Labute approximate surface area is 261 Å². The normalized spacial score (nSPS) is 14.3. The zero-order valence-electron chi connectivity index (χ0n) is 24.7. The van der Waals surface area contributed by atoms with Crippen LogP contribution < -0.4 is 14.8 Å². The summed E-state index contributed by atoms with van der Waals surface area (Å²) < 4.78 is 19.6. The number of fused-ring (bicyclic) bond motifs is 1. The number of esters is 1. The van der Waals surface area contributed by atoms with E-state index in [1.54, 1.807) is 4.68 Å². The van der Waals surface area contributed by atoms with Crippen molar-refractivity contribution in [3.63, 3.8) is 0 Å². The van der Waals surface area contributed by atoms with Gasteiger partial charge in [-0.05, 0) is 62.6 Å². The minimum absolute atomic E-state index is 0.285. The number of nitrogens with zero attached hydrogens (tertiary/aromatic N) is 3. The molecule has 43 heavy (non-hydrogen) atoms.